The molecule has 1 amide bonds. The molecule has 5 nitrogen and oxygen atoms in total. The molecule has 5 rings (SSSR count). The van der Waals surface area contributed by atoms with Gasteiger partial charge in [0.1, 0.15) is 5.82 Å². The highest BCUT2D eigenvalue weighted by atomic mass is 16.2. The summed E-state index contributed by atoms with van der Waals surface area (Å²) in [5.41, 5.74) is 2.97. The van der Waals surface area contributed by atoms with E-state index in [1.54, 1.807) is 6.20 Å². The molecule has 2 fully saturated rings. The van der Waals surface area contributed by atoms with Gasteiger partial charge in [-0.15, -0.1) is 0 Å². The minimum Gasteiger partial charge on any atom is -0.356 e. The first-order chi connectivity index (χ1) is 15.2. The Hall–Kier alpha value is -2.40. The van der Waals surface area contributed by atoms with Crippen LogP contribution in [0.1, 0.15) is 48.5 Å². The Kier molecular flexibility index (Phi) is 5.95. The number of para-hydroxylation sites is 1. The van der Waals surface area contributed by atoms with Gasteiger partial charge in [-0.25, -0.2) is 4.98 Å². The fraction of sp³-hybridized carbons (Fsp3) is 0.538. The summed E-state index contributed by atoms with van der Waals surface area (Å²) in [5.74, 6) is 2.67. The summed E-state index contributed by atoms with van der Waals surface area (Å²) in [6.07, 6.45) is 7.92. The van der Waals surface area contributed by atoms with E-state index in [2.05, 4.69) is 22.8 Å². The van der Waals surface area contributed by atoms with Crippen molar-refractivity contribution in [3.63, 3.8) is 0 Å². The summed E-state index contributed by atoms with van der Waals surface area (Å²) in [4.78, 5) is 24.7. The van der Waals surface area contributed by atoms with Gasteiger partial charge in [0.2, 0.25) is 0 Å². The van der Waals surface area contributed by atoms with E-state index in [0.717, 1.165) is 43.5 Å². The first kappa shape index (κ1) is 20.5. The van der Waals surface area contributed by atoms with Crippen molar-refractivity contribution in [2.24, 2.45) is 11.8 Å². The normalized spacial score (nSPS) is 22.5. The van der Waals surface area contributed by atoms with Gasteiger partial charge in [0.25, 0.3) is 5.91 Å². The number of nitrogens with zero attached hydrogens (tertiary/aromatic N) is 4. The van der Waals surface area contributed by atoms with Crippen molar-refractivity contribution in [2.75, 3.05) is 49.1 Å². The van der Waals surface area contributed by atoms with Gasteiger partial charge in [-0.2, -0.15) is 0 Å². The predicted octanol–water partition coefficient (Wildman–Crippen LogP) is 4.23. The molecule has 2 aromatic rings. The van der Waals surface area contributed by atoms with E-state index in [1.165, 1.54) is 50.9 Å². The Morgan fingerprint density at radius 2 is 1.87 bits per heavy atom. The van der Waals surface area contributed by atoms with E-state index in [-0.39, 0.29) is 5.91 Å². The monoisotopic (exact) mass is 418 g/mol. The number of amides is 1. The highest BCUT2D eigenvalue weighted by Gasteiger charge is 2.27. The largest absolute Gasteiger partial charge is 0.356 e. The van der Waals surface area contributed by atoms with Crippen LogP contribution in [0.4, 0.5) is 11.5 Å². The summed E-state index contributed by atoms with van der Waals surface area (Å²) in [7, 11) is 0. The van der Waals surface area contributed by atoms with E-state index < -0.39 is 0 Å². The van der Waals surface area contributed by atoms with E-state index in [4.69, 9.17) is 4.98 Å². The van der Waals surface area contributed by atoms with Crippen LogP contribution in [0.15, 0.2) is 42.6 Å². The topological polar surface area (TPSA) is 39.7 Å². The van der Waals surface area contributed by atoms with Crippen LogP contribution in [0, 0.1) is 11.8 Å². The van der Waals surface area contributed by atoms with Gasteiger partial charge in [0.15, 0.2) is 0 Å². The van der Waals surface area contributed by atoms with Crippen LogP contribution in [0.5, 0.6) is 0 Å². The fourth-order valence-electron chi connectivity index (χ4n) is 5.44. The standard InChI is InChI=1S/C26H34N4O/c1-20-10-14-28(15-11-20)18-21-5-4-13-29(19-21)25-9-8-23(17-27-25)26(31)30-16-12-22-6-2-3-7-24(22)30/h2-3,6-9,17,20-21H,4-5,10-16,18-19H2,1H3. The van der Waals surface area contributed by atoms with Crippen LogP contribution in [0.2, 0.25) is 0 Å². The van der Waals surface area contributed by atoms with Gasteiger partial charge in [-0.05, 0) is 80.8 Å². The van der Waals surface area contributed by atoms with Gasteiger partial charge >= 0.3 is 0 Å². The highest BCUT2D eigenvalue weighted by Crippen LogP contribution is 2.29. The molecule has 3 aliphatic heterocycles. The van der Waals surface area contributed by atoms with Crippen LogP contribution in [-0.2, 0) is 6.42 Å². The number of piperidine rings is 2. The average Bonchev–Trinajstić information content (AvgIpc) is 3.25. The number of hydrogen-bond donors (Lipinski definition) is 0. The number of benzene rings is 1. The lowest BCUT2D eigenvalue weighted by atomic mass is 9.94. The molecule has 2 saturated heterocycles. The van der Waals surface area contributed by atoms with Crippen LogP contribution in [0.25, 0.3) is 0 Å². The molecule has 0 N–H and O–H groups in total. The van der Waals surface area contributed by atoms with Crippen molar-refractivity contribution in [1.82, 2.24) is 9.88 Å². The molecular weight excluding hydrogens is 384 g/mol. The van der Waals surface area contributed by atoms with Gasteiger partial charge in [-0.1, -0.05) is 25.1 Å². The lowest BCUT2D eigenvalue weighted by Gasteiger charge is -2.38. The first-order valence-corrected chi connectivity index (χ1v) is 12.0. The SMILES string of the molecule is CC1CCN(CC2CCCN(c3ccc(C(=O)N4CCc5ccccc54)cn3)C2)CC1. The van der Waals surface area contributed by atoms with Crippen LogP contribution >= 0.6 is 0 Å². The molecule has 31 heavy (non-hydrogen) atoms. The molecule has 1 unspecified atom stereocenters. The number of pyridine rings is 1. The average molecular weight is 419 g/mol. The number of rotatable bonds is 4. The second kappa shape index (κ2) is 8.99. The third-order valence-corrected chi connectivity index (χ3v) is 7.36. The zero-order valence-corrected chi connectivity index (χ0v) is 18.7. The molecular formula is C26H34N4O. The maximum atomic E-state index is 13.1. The lowest BCUT2D eigenvalue weighted by Crippen LogP contribution is -2.43. The van der Waals surface area contributed by atoms with Gasteiger partial charge < -0.3 is 14.7 Å². The quantitative estimate of drug-likeness (QED) is 0.745. The fourth-order valence-corrected chi connectivity index (χ4v) is 5.44. The minimum atomic E-state index is 0.0554. The van der Waals surface area contributed by atoms with Gasteiger partial charge in [0.05, 0.1) is 5.56 Å². The molecule has 1 aromatic heterocycles. The third kappa shape index (κ3) is 4.47. The van der Waals surface area contributed by atoms with E-state index >= 15 is 0 Å². The van der Waals surface area contributed by atoms with Crippen molar-refractivity contribution in [1.29, 1.82) is 0 Å². The minimum absolute atomic E-state index is 0.0554. The molecule has 0 spiro atoms. The molecule has 0 radical (unpaired) electrons. The summed E-state index contributed by atoms with van der Waals surface area (Å²) in [6.45, 7) is 9.00. The van der Waals surface area contributed by atoms with Gasteiger partial charge in [-0.3, -0.25) is 4.79 Å². The lowest BCUT2D eigenvalue weighted by molar-refractivity contribution is 0.0989. The van der Waals surface area contributed by atoms with Crippen molar-refractivity contribution in [2.45, 2.75) is 39.0 Å². The smallest absolute Gasteiger partial charge is 0.259 e. The number of anilines is 2. The molecule has 1 aromatic carbocycles. The summed E-state index contributed by atoms with van der Waals surface area (Å²) in [5, 5.41) is 0. The number of carbonyl (C=O) groups excluding carboxylic acids is 1. The molecule has 4 heterocycles. The second-order valence-electron chi connectivity index (χ2n) is 9.68. The van der Waals surface area contributed by atoms with Crippen molar-refractivity contribution in [3.05, 3.63) is 53.7 Å². The third-order valence-electron chi connectivity index (χ3n) is 7.36. The molecule has 1 atom stereocenters. The predicted molar refractivity (Wildman–Crippen MR) is 126 cm³/mol. The van der Waals surface area contributed by atoms with Crippen LogP contribution < -0.4 is 9.80 Å². The summed E-state index contributed by atoms with van der Waals surface area (Å²) in [6, 6.07) is 12.2. The Bertz CT molecular complexity index is 904. The van der Waals surface area contributed by atoms with Crippen molar-refractivity contribution >= 4 is 17.4 Å². The number of carbonyl (C=O) groups is 1. The molecule has 164 valence electrons. The highest BCUT2D eigenvalue weighted by molar-refractivity contribution is 6.07. The van der Waals surface area contributed by atoms with E-state index in [0.29, 0.717) is 11.5 Å². The zero-order valence-electron chi connectivity index (χ0n) is 18.7. The number of fused-ring (bicyclic) bond motifs is 1. The van der Waals surface area contributed by atoms with E-state index in [9.17, 15) is 4.79 Å². The van der Waals surface area contributed by atoms with E-state index in [1.807, 2.05) is 35.2 Å². The Morgan fingerprint density at radius 1 is 1.03 bits per heavy atom. The van der Waals surface area contributed by atoms with Crippen molar-refractivity contribution in [3.8, 4) is 0 Å². The Balaban J connectivity index is 1.21. The molecule has 0 bridgehead atoms. The van der Waals surface area contributed by atoms with Crippen molar-refractivity contribution < 1.29 is 4.79 Å². The first-order valence-electron chi connectivity index (χ1n) is 12.0. The molecule has 0 saturated carbocycles. The molecule has 3 aliphatic rings. The Morgan fingerprint density at radius 3 is 2.68 bits per heavy atom. The second-order valence-corrected chi connectivity index (χ2v) is 9.68. The number of hydrogen-bond acceptors (Lipinski definition) is 4. The maximum absolute atomic E-state index is 13.1. The van der Waals surface area contributed by atoms with Crippen LogP contribution in [0.3, 0.4) is 0 Å². The number of likely N-dealkylation sites (tertiary alicyclic amines) is 1. The van der Waals surface area contributed by atoms with Gasteiger partial charge in [0, 0.05) is 38.1 Å². The summed E-state index contributed by atoms with van der Waals surface area (Å²) >= 11 is 0. The molecule has 5 heteroatoms. The number of aromatic nitrogens is 1. The maximum Gasteiger partial charge on any atom is 0.259 e. The van der Waals surface area contributed by atoms with Crippen LogP contribution in [-0.4, -0.2) is 55.1 Å². The molecule has 0 aliphatic carbocycles. The zero-order chi connectivity index (χ0) is 21.2. The Labute approximate surface area is 186 Å². The summed E-state index contributed by atoms with van der Waals surface area (Å²) < 4.78 is 0.